The van der Waals surface area contributed by atoms with Crippen LogP contribution in [-0.2, 0) is 5.33 Å². The van der Waals surface area contributed by atoms with Crippen LogP contribution in [0.1, 0.15) is 23.2 Å². The van der Waals surface area contributed by atoms with Crippen LogP contribution < -0.4 is 0 Å². The summed E-state index contributed by atoms with van der Waals surface area (Å²) in [6.45, 7) is 0. The second-order valence-electron chi connectivity index (χ2n) is 2.31. The Morgan fingerprint density at radius 1 is 1.62 bits per heavy atom. The third kappa shape index (κ3) is 2.22. The molecule has 0 bridgehead atoms. The minimum Gasteiger partial charge on any atom is -0.259 e. The molecular formula is C8H5BrF2N2. The van der Waals surface area contributed by atoms with Gasteiger partial charge in [0, 0.05) is 17.1 Å². The molecule has 0 spiro atoms. The van der Waals surface area contributed by atoms with Crippen LogP contribution in [0.2, 0.25) is 0 Å². The molecule has 0 unspecified atom stereocenters. The second kappa shape index (κ2) is 4.28. The van der Waals surface area contributed by atoms with Gasteiger partial charge in [-0.05, 0) is 6.07 Å². The molecule has 0 fully saturated rings. The van der Waals surface area contributed by atoms with Crippen molar-refractivity contribution in [2.24, 2.45) is 0 Å². The van der Waals surface area contributed by atoms with Gasteiger partial charge in [0.25, 0.3) is 6.43 Å². The summed E-state index contributed by atoms with van der Waals surface area (Å²) < 4.78 is 24.3. The van der Waals surface area contributed by atoms with E-state index >= 15 is 0 Å². The highest BCUT2D eigenvalue weighted by Crippen LogP contribution is 2.20. The van der Waals surface area contributed by atoms with Gasteiger partial charge in [-0.3, -0.25) is 4.98 Å². The van der Waals surface area contributed by atoms with E-state index in [-0.39, 0.29) is 11.1 Å². The van der Waals surface area contributed by atoms with Crippen LogP contribution in [0.4, 0.5) is 8.78 Å². The van der Waals surface area contributed by atoms with Gasteiger partial charge in [0.05, 0.1) is 11.3 Å². The Morgan fingerprint density at radius 3 is 2.77 bits per heavy atom. The highest BCUT2D eigenvalue weighted by molar-refractivity contribution is 9.08. The number of aromatic nitrogens is 1. The quantitative estimate of drug-likeness (QED) is 0.753. The number of pyridine rings is 1. The Bertz CT molecular complexity index is 346. The van der Waals surface area contributed by atoms with E-state index in [0.717, 1.165) is 12.3 Å². The minimum atomic E-state index is -2.58. The predicted octanol–water partition coefficient (Wildman–Crippen LogP) is 2.79. The van der Waals surface area contributed by atoms with Crippen molar-refractivity contribution in [2.75, 3.05) is 0 Å². The van der Waals surface area contributed by atoms with Crippen LogP contribution in [0, 0.1) is 11.3 Å². The largest absolute Gasteiger partial charge is 0.265 e. The second-order valence-corrected chi connectivity index (χ2v) is 2.87. The van der Waals surface area contributed by atoms with Crippen molar-refractivity contribution < 1.29 is 8.78 Å². The van der Waals surface area contributed by atoms with Gasteiger partial charge < -0.3 is 0 Å². The lowest BCUT2D eigenvalue weighted by Crippen LogP contribution is -1.94. The molecule has 0 amide bonds. The van der Waals surface area contributed by atoms with Gasteiger partial charge in [0.2, 0.25) is 0 Å². The molecule has 2 nitrogen and oxygen atoms in total. The summed E-state index contributed by atoms with van der Waals surface area (Å²) in [5.74, 6) is 0. The summed E-state index contributed by atoms with van der Waals surface area (Å²) in [6.07, 6.45) is -1.49. The summed E-state index contributed by atoms with van der Waals surface area (Å²) in [4.78, 5) is 3.74. The van der Waals surface area contributed by atoms with E-state index in [9.17, 15) is 8.78 Å². The fourth-order valence-corrected chi connectivity index (χ4v) is 1.28. The van der Waals surface area contributed by atoms with E-state index in [2.05, 4.69) is 20.9 Å². The van der Waals surface area contributed by atoms with Gasteiger partial charge in [0.1, 0.15) is 6.07 Å². The zero-order chi connectivity index (χ0) is 9.84. The number of hydrogen-bond donors (Lipinski definition) is 0. The third-order valence-electron chi connectivity index (χ3n) is 1.49. The molecular weight excluding hydrogens is 242 g/mol. The molecule has 0 saturated heterocycles. The fourth-order valence-electron chi connectivity index (χ4n) is 0.832. The molecule has 0 aliphatic heterocycles. The number of rotatable bonds is 2. The number of halogens is 3. The molecule has 0 saturated carbocycles. The third-order valence-corrected chi connectivity index (χ3v) is 2.02. The van der Waals surface area contributed by atoms with Gasteiger partial charge in [-0.2, -0.15) is 5.26 Å². The van der Waals surface area contributed by atoms with Crippen molar-refractivity contribution in [2.45, 2.75) is 11.8 Å². The molecule has 68 valence electrons. The number of hydrogen-bond acceptors (Lipinski definition) is 2. The van der Waals surface area contributed by atoms with Crippen molar-refractivity contribution in [1.29, 1.82) is 5.26 Å². The van der Waals surface area contributed by atoms with Crippen molar-refractivity contribution in [3.63, 3.8) is 0 Å². The van der Waals surface area contributed by atoms with Crippen molar-refractivity contribution in [1.82, 2.24) is 4.98 Å². The first-order valence-electron chi connectivity index (χ1n) is 3.42. The van der Waals surface area contributed by atoms with E-state index < -0.39 is 6.43 Å². The molecule has 0 aliphatic carbocycles. The van der Waals surface area contributed by atoms with Crippen LogP contribution in [0.5, 0.6) is 0 Å². The molecule has 0 aromatic carbocycles. The molecule has 0 radical (unpaired) electrons. The van der Waals surface area contributed by atoms with E-state index in [0.29, 0.717) is 11.0 Å². The summed E-state index contributed by atoms with van der Waals surface area (Å²) in [6, 6.07) is 2.98. The standard InChI is InChI=1S/C8H5BrF2N2/c9-2-7-5(3-12)1-6(4-13-7)8(10)11/h1,4,8H,2H2. The zero-order valence-corrected chi connectivity index (χ0v) is 8.05. The van der Waals surface area contributed by atoms with Crippen LogP contribution >= 0.6 is 15.9 Å². The van der Waals surface area contributed by atoms with E-state index in [4.69, 9.17) is 5.26 Å². The summed E-state index contributed by atoms with van der Waals surface area (Å²) in [5, 5.41) is 8.99. The van der Waals surface area contributed by atoms with Crippen molar-refractivity contribution in [3.8, 4) is 6.07 Å². The molecule has 5 heteroatoms. The molecule has 0 N–H and O–H groups in total. The molecule has 0 atom stereocenters. The van der Waals surface area contributed by atoms with E-state index in [1.807, 2.05) is 6.07 Å². The lowest BCUT2D eigenvalue weighted by molar-refractivity contribution is 0.151. The minimum absolute atomic E-state index is 0.190. The summed E-state index contributed by atoms with van der Waals surface area (Å²) in [5.41, 5.74) is 0.447. The summed E-state index contributed by atoms with van der Waals surface area (Å²) in [7, 11) is 0. The van der Waals surface area contributed by atoms with E-state index in [1.165, 1.54) is 0 Å². The maximum atomic E-state index is 12.2. The van der Waals surface area contributed by atoms with Crippen LogP contribution in [0.3, 0.4) is 0 Å². The first-order valence-corrected chi connectivity index (χ1v) is 4.54. The first kappa shape index (κ1) is 10.1. The zero-order valence-electron chi connectivity index (χ0n) is 6.47. The Morgan fingerprint density at radius 2 is 2.31 bits per heavy atom. The highest BCUT2D eigenvalue weighted by Gasteiger charge is 2.10. The smallest absolute Gasteiger partial charge is 0.259 e. The highest BCUT2D eigenvalue weighted by atomic mass is 79.9. The number of nitrogens with zero attached hydrogens (tertiary/aromatic N) is 2. The monoisotopic (exact) mass is 246 g/mol. The number of alkyl halides is 3. The summed E-state index contributed by atoms with van der Waals surface area (Å²) >= 11 is 3.11. The molecule has 0 aliphatic rings. The fraction of sp³-hybridized carbons (Fsp3) is 0.250. The van der Waals surface area contributed by atoms with Crippen LogP contribution in [-0.4, -0.2) is 4.98 Å². The molecule has 13 heavy (non-hydrogen) atoms. The van der Waals surface area contributed by atoms with E-state index in [1.54, 1.807) is 0 Å². The first-order chi connectivity index (χ1) is 6.19. The normalized spacial score (nSPS) is 10.1. The lowest BCUT2D eigenvalue weighted by Gasteiger charge is -2.02. The molecule has 1 aromatic rings. The topological polar surface area (TPSA) is 36.7 Å². The lowest BCUT2D eigenvalue weighted by atomic mass is 10.1. The Balaban J connectivity index is 3.15. The van der Waals surface area contributed by atoms with Crippen molar-refractivity contribution in [3.05, 3.63) is 29.1 Å². The Hall–Kier alpha value is -1.02. The Kier molecular flexibility index (Phi) is 3.32. The average Bonchev–Trinajstić information content (AvgIpc) is 2.16. The molecule has 1 heterocycles. The average molecular weight is 247 g/mol. The van der Waals surface area contributed by atoms with Gasteiger partial charge in [-0.1, -0.05) is 15.9 Å². The van der Waals surface area contributed by atoms with Gasteiger partial charge >= 0.3 is 0 Å². The Labute approximate surface area is 82.3 Å². The van der Waals surface area contributed by atoms with Crippen LogP contribution in [0.25, 0.3) is 0 Å². The predicted molar refractivity (Wildman–Crippen MR) is 46.5 cm³/mol. The number of nitriles is 1. The van der Waals surface area contributed by atoms with Gasteiger partial charge in [0.15, 0.2) is 0 Å². The maximum Gasteiger partial charge on any atom is 0.265 e. The SMILES string of the molecule is N#Cc1cc(C(F)F)cnc1CBr. The van der Waals surface area contributed by atoms with Gasteiger partial charge in [-0.25, -0.2) is 8.78 Å². The van der Waals surface area contributed by atoms with Crippen molar-refractivity contribution >= 4 is 15.9 Å². The maximum absolute atomic E-state index is 12.2. The molecule has 1 rings (SSSR count). The van der Waals surface area contributed by atoms with Gasteiger partial charge in [-0.15, -0.1) is 0 Å². The molecule has 1 aromatic heterocycles. The van der Waals surface area contributed by atoms with Crippen LogP contribution in [0.15, 0.2) is 12.3 Å².